The molecule has 0 unspecified atom stereocenters. The Balaban J connectivity index is 1.33. The van der Waals surface area contributed by atoms with E-state index in [4.69, 9.17) is 16.3 Å². The number of fused-ring (bicyclic) bond motifs is 1. The lowest BCUT2D eigenvalue weighted by atomic mass is 10.1. The fourth-order valence-corrected chi connectivity index (χ4v) is 5.53. The summed E-state index contributed by atoms with van der Waals surface area (Å²) < 4.78 is 7.38. The fourth-order valence-electron chi connectivity index (χ4n) is 3.71. The number of nitrogens with one attached hydrogen (secondary N) is 1. The molecule has 0 saturated carbocycles. The lowest BCUT2D eigenvalue weighted by molar-refractivity contribution is -0.116. The zero-order valence-corrected chi connectivity index (χ0v) is 22.6. The van der Waals surface area contributed by atoms with Crippen molar-refractivity contribution < 1.29 is 14.3 Å². The second kappa shape index (κ2) is 12.9. The van der Waals surface area contributed by atoms with Crippen LogP contribution in [0.25, 0.3) is 10.2 Å². The van der Waals surface area contributed by atoms with Gasteiger partial charge in [0.05, 0.1) is 18.4 Å². The molecular formula is C27H26ClN3O4S2. The van der Waals surface area contributed by atoms with Gasteiger partial charge in [0, 0.05) is 29.2 Å². The minimum Gasteiger partial charge on any atom is -0.497 e. The number of hydrogen-bond acceptors (Lipinski definition) is 7. The number of carbonyl (C=O) groups excluding carboxylic acids is 2. The molecular weight excluding hydrogens is 530 g/mol. The maximum absolute atomic E-state index is 13.1. The number of rotatable bonds is 12. The average Bonchev–Trinajstić information content (AvgIpc) is 3.38. The molecule has 0 radical (unpaired) electrons. The van der Waals surface area contributed by atoms with Crippen molar-refractivity contribution in [1.29, 1.82) is 0 Å². The molecule has 0 aliphatic heterocycles. The maximum Gasteiger partial charge on any atom is 0.272 e. The standard InChI is InChI=1S/C27H26ClN3O4S2/c1-35-21-12-10-20(11-13-21)29-24(33)5-3-2-4-15-31-26(34)25-22(14-16-36-25)30-27(31)37-17-23(32)18-6-8-19(28)9-7-18/h6-14,16H,2-5,15,17H2,1H3,(H,29,33). The number of methoxy groups -OCH3 is 1. The molecule has 0 aliphatic carbocycles. The molecule has 0 bridgehead atoms. The van der Waals surface area contributed by atoms with Crippen LogP contribution in [0.15, 0.2) is 69.9 Å². The SMILES string of the molecule is COc1ccc(NC(=O)CCCCCn2c(SCC(=O)c3ccc(Cl)cc3)nc3ccsc3c2=O)cc1. The number of ether oxygens (including phenoxy) is 1. The molecule has 0 atom stereocenters. The van der Waals surface area contributed by atoms with E-state index < -0.39 is 0 Å². The molecule has 2 aromatic carbocycles. The Morgan fingerprint density at radius 1 is 1.05 bits per heavy atom. The van der Waals surface area contributed by atoms with E-state index in [0.717, 1.165) is 17.9 Å². The zero-order valence-electron chi connectivity index (χ0n) is 20.2. The van der Waals surface area contributed by atoms with Crippen LogP contribution >= 0.6 is 34.7 Å². The molecule has 1 N–H and O–H groups in total. The second-order valence-corrected chi connectivity index (χ2v) is 10.6. The van der Waals surface area contributed by atoms with Gasteiger partial charge in [0.1, 0.15) is 10.4 Å². The summed E-state index contributed by atoms with van der Waals surface area (Å²) in [5, 5.41) is 5.82. The normalized spacial score (nSPS) is 11.0. The van der Waals surface area contributed by atoms with Crippen molar-refractivity contribution in [3.05, 3.63) is 80.9 Å². The molecule has 2 heterocycles. The predicted octanol–water partition coefficient (Wildman–Crippen LogP) is 6.29. The van der Waals surface area contributed by atoms with E-state index in [1.165, 1.54) is 23.1 Å². The highest BCUT2D eigenvalue weighted by Gasteiger charge is 2.15. The highest BCUT2D eigenvalue weighted by atomic mass is 35.5. The Hall–Kier alpha value is -3.14. The van der Waals surface area contributed by atoms with Crippen molar-refractivity contribution in [3.8, 4) is 5.75 Å². The maximum atomic E-state index is 13.1. The van der Waals surface area contributed by atoms with Gasteiger partial charge in [-0.2, -0.15) is 0 Å². The van der Waals surface area contributed by atoms with Gasteiger partial charge in [0.15, 0.2) is 10.9 Å². The first-order valence-electron chi connectivity index (χ1n) is 11.8. The van der Waals surface area contributed by atoms with Gasteiger partial charge in [-0.15, -0.1) is 11.3 Å². The van der Waals surface area contributed by atoms with Gasteiger partial charge in [-0.05, 0) is 72.8 Å². The van der Waals surface area contributed by atoms with Crippen molar-refractivity contribution in [2.24, 2.45) is 0 Å². The van der Waals surface area contributed by atoms with Crippen molar-refractivity contribution >= 4 is 62.3 Å². The van der Waals surface area contributed by atoms with Crippen molar-refractivity contribution in [2.45, 2.75) is 37.4 Å². The van der Waals surface area contributed by atoms with Crippen LogP contribution in [0.1, 0.15) is 36.0 Å². The van der Waals surface area contributed by atoms with Crippen LogP contribution in [0.5, 0.6) is 5.75 Å². The Labute approximate surface area is 227 Å². The van der Waals surface area contributed by atoms with Gasteiger partial charge >= 0.3 is 0 Å². The number of thioether (sulfide) groups is 1. The summed E-state index contributed by atoms with van der Waals surface area (Å²) in [6.07, 6.45) is 2.58. The van der Waals surface area contributed by atoms with Crippen LogP contribution in [-0.4, -0.2) is 34.1 Å². The van der Waals surface area contributed by atoms with Crippen LogP contribution in [0.3, 0.4) is 0 Å². The molecule has 0 fully saturated rings. The van der Waals surface area contributed by atoms with Gasteiger partial charge < -0.3 is 10.1 Å². The van der Waals surface area contributed by atoms with E-state index in [1.807, 2.05) is 11.4 Å². The minimum absolute atomic E-state index is 0.0547. The van der Waals surface area contributed by atoms with Gasteiger partial charge in [0.2, 0.25) is 5.91 Å². The van der Waals surface area contributed by atoms with E-state index in [0.29, 0.717) is 51.8 Å². The first kappa shape index (κ1) is 26.9. The lowest BCUT2D eigenvalue weighted by Crippen LogP contribution is -2.23. The van der Waals surface area contributed by atoms with Crippen LogP contribution in [0.4, 0.5) is 5.69 Å². The van der Waals surface area contributed by atoms with E-state index in [2.05, 4.69) is 10.3 Å². The van der Waals surface area contributed by atoms with E-state index in [1.54, 1.807) is 60.2 Å². The first-order chi connectivity index (χ1) is 17.9. The summed E-state index contributed by atoms with van der Waals surface area (Å²) in [5.74, 6) is 0.780. The molecule has 1 amide bonds. The molecule has 192 valence electrons. The lowest BCUT2D eigenvalue weighted by Gasteiger charge is -2.12. The number of unbranched alkanes of at least 4 members (excludes halogenated alkanes) is 2. The summed E-state index contributed by atoms with van der Waals surface area (Å²) in [4.78, 5) is 42.7. The van der Waals surface area contributed by atoms with Crippen molar-refractivity contribution in [1.82, 2.24) is 9.55 Å². The van der Waals surface area contributed by atoms with Gasteiger partial charge in [0.25, 0.3) is 5.56 Å². The molecule has 7 nitrogen and oxygen atoms in total. The van der Waals surface area contributed by atoms with E-state index >= 15 is 0 Å². The number of halogens is 1. The molecule has 2 aromatic heterocycles. The largest absolute Gasteiger partial charge is 0.497 e. The molecule has 10 heteroatoms. The van der Waals surface area contributed by atoms with Gasteiger partial charge in [-0.25, -0.2) is 4.98 Å². The summed E-state index contributed by atoms with van der Waals surface area (Å²) >= 11 is 8.54. The predicted molar refractivity (Wildman–Crippen MR) is 150 cm³/mol. The number of nitrogens with zero attached hydrogens (tertiary/aromatic N) is 2. The molecule has 0 aliphatic rings. The number of benzene rings is 2. The minimum atomic E-state index is -0.0984. The Morgan fingerprint density at radius 2 is 1.81 bits per heavy atom. The van der Waals surface area contributed by atoms with E-state index in [9.17, 15) is 14.4 Å². The summed E-state index contributed by atoms with van der Waals surface area (Å²) in [6.45, 7) is 0.469. The third kappa shape index (κ3) is 7.21. The molecule has 4 aromatic rings. The van der Waals surface area contributed by atoms with E-state index in [-0.39, 0.29) is 23.0 Å². The summed E-state index contributed by atoms with van der Waals surface area (Å²) in [5.41, 5.74) is 1.83. The Bertz CT molecular complexity index is 1430. The van der Waals surface area contributed by atoms with Gasteiger partial charge in [-0.3, -0.25) is 19.0 Å². The zero-order chi connectivity index (χ0) is 26.2. The Kier molecular flexibility index (Phi) is 9.38. The second-order valence-electron chi connectivity index (χ2n) is 8.29. The number of amides is 1. The highest BCUT2D eigenvalue weighted by molar-refractivity contribution is 7.99. The fraction of sp³-hybridized carbons (Fsp3) is 0.259. The van der Waals surface area contributed by atoms with Crippen LogP contribution in [0.2, 0.25) is 5.02 Å². The Morgan fingerprint density at radius 3 is 2.54 bits per heavy atom. The molecule has 37 heavy (non-hydrogen) atoms. The number of Topliss-reactive ketones (excluding diaryl/α,β-unsaturated/α-hetero) is 1. The topological polar surface area (TPSA) is 90.3 Å². The quantitative estimate of drug-likeness (QED) is 0.0955. The third-order valence-electron chi connectivity index (χ3n) is 5.69. The number of thiophene rings is 1. The summed E-state index contributed by atoms with van der Waals surface area (Å²) in [6, 6.07) is 15.8. The molecule has 0 saturated heterocycles. The van der Waals surface area contributed by atoms with Crippen molar-refractivity contribution in [2.75, 3.05) is 18.2 Å². The number of aromatic nitrogens is 2. The van der Waals surface area contributed by atoms with Crippen LogP contribution < -0.4 is 15.6 Å². The van der Waals surface area contributed by atoms with Gasteiger partial charge in [-0.1, -0.05) is 29.8 Å². The number of ketones is 1. The number of hydrogen-bond donors (Lipinski definition) is 1. The monoisotopic (exact) mass is 555 g/mol. The summed E-state index contributed by atoms with van der Waals surface area (Å²) in [7, 11) is 1.60. The van der Waals surface area contributed by atoms with Crippen LogP contribution in [-0.2, 0) is 11.3 Å². The number of anilines is 1. The van der Waals surface area contributed by atoms with Crippen molar-refractivity contribution in [3.63, 3.8) is 0 Å². The smallest absolute Gasteiger partial charge is 0.272 e. The molecule has 0 spiro atoms. The average molecular weight is 556 g/mol. The number of carbonyl (C=O) groups is 2. The third-order valence-corrected chi connectivity index (χ3v) is 7.81. The highest BCUT2D eigenvalue weighted by Crippen LogP contribution is 2.23. The van der Waals surface area contributed by atoms with Crippen LogP contribution in [0, 0.1) is 0 Å². The first-order valence-corrected chi connectivity index (χ1v) is 14.0. The molecule has 4 rings (SSSR count).